The van der Waals surface area contributed by atoms with Gasteiger partial charge in [-0.05, 0) is 56.6 Å². The first kappa shape index (κ1) is 23.6. The van der Waals surface area contributed by atoms with Gasteiger partial charge in [0.1, 0.15) is 12.7 Å². The molecule has 7 heteroatoms. The number of aliphatic hydroxyl groups excluding tert-OH is 1. The van der Waals surface area contributed by atoms with E-state index in [2.05, 4.69) is 19.8 Å². The molecule has 0 bridgehead atoms. The van der Waals surface area contributed by atoms with Crippen LogP contribution in [0.2, 0.25) is 0 Å². The predicted molar refractivity (Wildman–Crippen MR) is 123 cm³/mol. The Labute approximate surface area is 186 Å². The van der Waals surface area contributed by atoms with E-state index in [1.165, 1.54) is 32.1 Å². The molecule has 1 aromatic heterocycles. The van der Waals surface area contributed by atoms with Gasteiger partial charge in [-0.15, -0.1) is 0 Å². The zero-order valence-corrected chi connectivity index (χ0v) is 18.8. The summed E-state index contributed by atoms with van der Waals surface area (Å²) in [5, 5.41) is 13.9. The summed E-state index contributed by atoms with van der Waals surface area (Å²) < 4.78 is 13.5. The minimum absolute atomic E-state index is 0.276. The van der Waals surface area contributed by atoms with Crippen LogP contribution in [0.5, 0.6) is 11.5 Å². The zero-order valence-electron chi connectivity index (χ0n) is 18.8. The monoisotopic (exact) mass is 430 g/mol. The molecule has 31 heavy (non-hydrogen) atoms. The van der Waals surface area contributed by atoms with Gasteiger partial charge in [-0.3, -0.25) is 0 Å². The summed E-state index contributed by atoms with van der Waals surface area (Å²) in [6.45, 7) is 5.76. The van der Waals surface area contributed by atoms with Crippen LogP contribution >= 0.6 is 0 Å². The molecule has 0 radical (unpaired) electrons. The summed E-state index contributed by atoms with van der Waals surface area (Å²) in [5.41, 5.74) is 1.15. The van der Waals surface area contributed by atoms with E-state index < -0.39 is 6.10 Å². The van der Waals surface area contributed by atoms with Crippen LogP contribution < -0.4 is 14.8 Å². The fourth-order valence-corrected chi connectivity index (χ4v) is 4.01. The molecule has 1 aliphatic rings. The normalized spacial score (nSPS) is 16.5. The van der Waals surface area contributed by atoms with Gasteiger partial charge in [0.15, 0.2) is 11.5 Å². The first-order valence-electron chi connectivity index (χ1n) is 11.6. The Morgan fingerprint density at radius 3 is 2.68 bits per heavy atom. The van der Waals surface area contributed by atoms with Crippen molar-refractivity contribution < 1.29 is 14.6 Å². The van der Waals surface area contributed by atoms with Gasteiger partial charge in [-0.1, -0.05) is 25.3 Å². The highest BCUT2D eigenvalue weighted by Crippen LogP contribution is 2.28. The van der Waals surface area contributed by atoms with Gasteiger partial charge in [0, 0.05) is 32.0 Å². The number of likely N-dealkylation sites (tertiary alicyclic amines) is 1. The Bertz CT molecular complexity index is 730. The van der Waals surface area contributed by atoms with Crippen molar-refractivity contribution in [1.29, 1.82) is 0 Å². The smallest absolute Gasteiger partial charge is 0.161 e. The average molecular weight is 431 g/mol. The molecular weight excluding hydrogens is 392 g/mol. The summed E-state index contributed by atoms with van der Waals surface area (Å²) in [4.78, 5) is 6.42. The van der Waals surface area contributed by atoms with Gasteiger partial charge in [-0.25, -0.2) is 4.98 Å². The quantitative estimate of drug-likeness (QED) is 0.504. The van der Waals surface area contributed by atoms with Gasteiger partial charge in [0.25, 0.3) is 0 Å². The van der Waals surface area contributed by atoms with Crippen LogP contribution in [-0.2, 0) is 13.1 Å². The number of hydrogen-bond donors (Lipinski definition) is 2. The van der Waals surface area contributed by atoms with Gasteiger partial charge >= 0.3 is 0 Å². The number of aliphatic hydroxyl groups is 1. The van der Waals surface area contributed by atoms with E-state index in [0.717, 1.165) is 44.7 Å². The van der Waals surface area contributed by atoms with Crippen LogP contribution in [0.15, 0.2) is 36.9 Å². The molecule has 1 saturated heterocycles. The Hall–Kier alpha value is -2.09. The third kappa shape index (κ3) is 8.51. The molecular formula is C24H38N4O3. The second kappa shape index (κ2) is 13.3. The third-order valence-electron chi connectivity index (χ3n) is 5.74. The summed E-state index contributed by atoms with van der Waals surface area (Å²) in [7, 11) is 1.65. The molecule has 1 aromatic carbocycles. The molecule has 1 aliphatic heterocycles. The lowest BCUT2D eigenvalue weighted by Gasteiger charge is -2.26. The molecule has 2 N–H and O–H groups in total. The lowest BCUT2D eigenvalue weighted by Crippen LogP contribution is -2.37. The van der Waals surface area contributed by atoms with Crippen LogP contribution in [0.1, 0.15) is 44.1 Å². The maximum Gasteiger partial charge on any atom is 0.161 e. The van der Waals surface area contributed by atoms with E-state index in [0.29, 0.717) is 18.0 Å². The standard InChI is InChI=1S/C24H38N4O3/c1-30-24-16-21(17-25-10-7-14-28-15-11-26-20-28)8-9-23(24)31-19-22(29)18-27-12-5-3-2-4-6-13-27/h8-9,11,15-16,20,22,25,29H,2-7,10,12-14,17-19H2,1H3/t22-/m0/s1. The van der Waals surface area contributed by atoms with E-state index >= 15 is 0 Å². The summed E-state index contributed by atoms with van der Waals surface area (Å²) >= 11 is 0. The lowest BCUT2D eigenvalue weighted by atomic mass is 10.1. The van der Waals surface area contributed by atoms with Gasteiger partial charge in [0.05, 0.1) is 13.4 Å². The molecule has 2 aromatic rings. The third-order valence-corrected chi connectivity index (χ3v) is 5.74. The Morgan fingerprint density at radius 2 is 1.94 bits per heavy atom. The van der Waals surface area contributed by atoms with Gasteiger partial charge in [0.2, 0.25) is 0 Å². The zero-order chi connectivity index (χ0) is 21.7. The molecule has 0 spiro atoms. The number of methoxy groups -OCH3 is 1. The van der Waals surface area contributed by atoms with E-state index in [9.17, 15) is 5.11 Å². The van der Waals surface area contributed by atoms with E-state index in [1.54, 1.807) is 13.3 Å². The van der Waals surface area contributed by atoms with Crippen molar-refractivity contribution in [3.63, 3.8) is 0 Å². The van der Waals surface area contributed by atoms with Crippen molar-refractivity contribution in [2.24, 2.45) is 0 Å². The minimum Gasteiger partial charge on any atom is -0.493 e. The molecule has 172 valence electrons. The van der Waals surface area contributed by atoms with Crippen molar-refractivity contribution in [3.8, 4) is 11.5 Å². The highest BCUT2D eigenvalue weighted by Gasteiger charge is 2.15. The highest BCUT2D eigenvalue weighted by molar-refractivity contribution is 5.43. The van der Waals surface area contributed by atoms with Crippen molar-refractivity contribution in [3.05, 3.63) is 42.5 Å². The number of hydrogen-bond acceptors (Lipinski definition) is 6. The molecule has 0 saturated carbocycles. The fourth-order valence-electron chi connectivity index (χ4n) is 4.01. The molecule has 0 aliphatic carbocycles. The summed E-state index contributed by atoms with van der Waals surface area (Å²) in [6, 6.07) is 5.98. The average Bonchev–Trinajstić information content (AvgIpc) is 3.27. The van der Waals surface area contributed by atoms with Gasteiger partial charge < -0.3 is 29.4 Å². The van der Waals surface area contributed by atoms with Crippen LogP contribution in [0.3, 0.4) is 0 Å². The van der Waals surface area contributed by atoms with Crippen LogP contribution in [0, 0.1) is 0 Å². The number of ether oxygens (including phenoxy) is 2. The molecule has 3 rings (SSSR count). The first-order valence-corrected chi connectivity index (χ1v) is 11.6. The second-order valence-electron chi connectivity index (χ2n) is 8.35. The number of rotatable bonds is 12. The van der Waals surface area contributed by atoms with E-state index in [4.69, 9.17) is 9.47 Å². The molecule has 7 nitrogen and oxygen atoms in total. The Kier molecular flexibility index (Phi) is 10.2. The lowest BCUT2D eigenvalue weighted by molar-refractivity contribution is 0.0645. The van der Waals surface area contributed by atoms with Crippen LogP contribution in [0.4, 0.5) is 0 Å². The molecule has 0 amide bonds. The molecule has 1 fully saturated rings. The summed E-state index contributed by atoms with van der Waals surface area (Å²) in [5.74, 6) is 1.38. The van der Waals surface area contributed by atoms with E-state index in [1.807, 2.05) is 30.7 Å². The van der Waals surface area contributed by atoms with Crippen molar-refractivity contribution in [1.82, 2.24) is 19.8 Å². The first-order chi connectivity index (χ1) is 15.2. The molecule has 0 unspecified atom stereocenters. The maximum absolute atomic E-state index is 10.5. The maximum atomic E-state index is 10.5. The van der Waals surface area contributed by atoms with Gasteiger partial charge in [-0.2, -0.15) is 0 Å². The number of aromatic nitrogens is 2. The fraction of sp³-hybridized carbons (Fsp3) is 0.625. The predicted octanol–water partition coefficient (Wildman–Crippen LogP) is 3.08. The Balaban J connectivity index is 1.39. The number of nitrogens with zero attached hydrogens (tertiary/aromatic N) is 3. The minimum atomic E-state index is -0.499. The largest absolute Gasteiger partial charge is 0.493 e. The Morgan fingerprint density at radius 1 is 1.13 bits per heavy atom. The molecule has 1 atom stereocenters. The number of β-amino-alcohol motifs (C(OH)–C–C–N with tert-alkyl or cyclic N) is 1. The van der Waals surface area contributed by atoms with Crippen LogP contribution in [0.25, 0.3) is 0 Å². The SMILES string of the molecule is COc1cc(CNCCCn2ccnc2)ccc1OC[C@@H](O)CN1CCCCCCC1. The topological polar surface area (TPSA) is 71.8 Å². The summed E-state index contributed by atoms with van der Waals surface area (Å²) in [6.07, 6.45) is 12.6. The number of imidazole rings is 1. The van der Waals surface area contributed by atoms with Crippen LogP contribution in [-0.4, -0.2) is 65.6 Å². The van der Waals surface area contributed by atoms with Crippen molar-refractivity contribution in [2.75, 3.05) is 39.9 Å². The number of benzene rings is 1. The van der Waals surface area contributed by atoms with Crippen molar-refractivity contribution in [2.45, 2.75) is 57.7 Å². The highest BCUT2D eigenvalue weighted by atomic mass is 16.5. The second-order valence-corrected chi connectivity index (χ2v) is 8.35. The molecule has 2 heterocycles. The number of aryl methyl sites for hydroxylation is 1. The van der Waals surface area contributed by atoms with E-state index in [-0.39, 0.29) is 6.61 Å². The number of nitrogens with one attached hydrogen (secondary N) is 1. The van der Waals surface area contributed by atoms with Crippen molar-refractivity contribution >= 4 is 0 Å².